The van der Waals surface area contributed by atoms with Gasteiger partial charge in [0.15, 0.2) is 0 Å². The lowest BCUT2D eigenvalue weighted by molar-refractivity contribution is 0.109. The quantitative estimate of drug-likeness (QED) is 0.826. The molecule has 112 valence electrons. The molecule has 0 atom stereocenters. The standard InChI is InChI=1S/C12H11O2P.C4H9NO/c13-15(14,11-7-3-1-4-8-11)12-9-5-2-6-10-12;1-3-6-4-2-5-1/h1-10H,(H,13,14);5H,1-4H2. The maximum Gasteiger partial charge on any atom is 0.258 e. The zero-order valence-electron chi connectivity index (χ0n) is 11.8. The molecule has 0 saturated carbocycles. The molecule has 0 spiro atoms. The van der Waals surface area contributed by atoms with E-state index in [4.69, 9.17) is 4.74 Å². The SMILES string of the molecule is C1COCCN1.O=P(O)(c1ccccc1)c1ccccc1. The van der Waals surface area contributed by atoms with Gasteiger partial charge in [0.05, 0.1) is 13.2 Å². The Labute approximate surface area is 125 Å². The Hall–Kier alpha value is -1.45. The molecule has 1 aliphatic rings. The number of hydrogen-bond acceptors (Lipinski definition) is 3. The average Bonchev–Trinajstić information content (AvgIpc) is 2.59. The predicted octanol–water partition coefficient (Wildman–Crippen LogP) is 1.51. The number of morpholine rings is 1. The first kappa shape index (κ1) is 15.9. The molecule has 2 N–H and O–H groups in total. The molecule has 5 heteroatoms. The predicted molar refractivity (Wildman–Crippen MR) is 85.7 cm³/mol. The van der Waals surface area contributed by atoms with Crippen molar-refractivity contribution in [3.8, 4) is 0 Å². The summed E-state index contributed by atoms with van der Waals surface area (Å²) in [7, 11) is -3.40. The lowest BCUT2D eigenvalue weighted by atomic mass is 10.4. The second-order valence-electron chi connectivity index (χ2n) is 4.61. The van der Waals surface area contributed by atoms with E-state index >= 15 is 0 Å². The first-order valence-corrected chi connectivity index (χ1v) is 8.60. The molecule has 0 unspecified atom stereocenters. The summed E-state index contributed by atoms with van der Waals surface area (Å²) in [5, 5.41) is 4.10. The van der Waals surface area contributed by atoms with E-state index < -0.39 is 7.37 Å². The van der Waals surface area contributed by atoms with Crippen molar-refractivity contribution in [2.75, 3.05) is 26.3 Å². The van der Waals surface area contributed by atoms with Crippen LogP contribution in [0.15, 0.2) is 60.7 Å². The van der Waals surface area contributed by atoms with E-state index in [-0.39, 0.29) is 0 Å². The van der Waals surface area contributed by atoms with Crippen LogP contribution >= 0.6 is 7.37 Å². The van der Waals surface area contributed by atoms with Crippen molar-refractivity contribution in [3.05, 3.63) is 60.7 Å². The first-order valence-electron chi connectivity index (χ1n) is 6.94. The summed E-state index contributed by atoms with van der Waals surface area (Å²) < 4.78 is 17.2. The summed E-state index contributed by atoms with van der Waals surface area (Å²) in [5.41, 5.74) is 0. The van der Waals surface area contributed by atoms with E-state index in [2.05, 4.69) is 5.32 Å². The fourth-order valence-corrected chi connectivity index (χ4v) is 3.38. The van der Waals surface area contributed by atoms with Gasteiger partial charge in [-0.25, -0.2) is 0 Å². The highest BCUT2D eigenvalue weighted by Crippen LogP contribution is 2.37. The largest absolute Gasteiger partial charge is 0.379 e. The summed E-state index contributed by atoms with van der Waals surface area (Å²) in [6.45, 7) is 3.83. The van der Waals surface area contributed by atoms with Crippen LogP contribution in [0.1, 0.15) is 0 Å². The van der Waals surface area contributed by atoms with Gasteiger partial charge in [-0.2, -0.15) is 0 Å². The Balaban J connectivity index is 0.000000225. The smallest absolute Gasteiger partial charge is 0.258 e. The topological polar surface area (TPSA) is 58.6 Å². The van der Waals surface area contributed by atoms with E-state index in [0.717, 1.165) is 26.3 Å². The van der Waals surface area contributed by atoms with Crippen molar-refractivity contribution in [2.24, 2.45) is 0 Å². The van der Waals surface area contributed by atoms with Crippen LogP contribution in [-0.2, 0) is 9.30 Å². The molecule has 3 rings (SSSR count). The second-order valence-corrected chi connectivity index (χ2v) is 6.79. The molecular formula is C16H20NO3P. The molecule has 0 bridgehead atoms. The molecule has 1 aliphatic heterocycles. The van der Waals surface area contributed by atoms with Gasteiger partial charge in [-0.15, -0.1) is 0 Å². The Kier molecular flexibility index (Phi) is 6.15. The Morgan fingerprint density at radius 1 is 0.857 bits per heavy atom. The average molecular weight is 305 g/mol. The summed E-state index contributed by atoms with van der Waals surface area (Å²) in [6, 6.07) is 17.4. The van der Waals surface area contributed by atoms with Crippen LogP contribution in [0.25, 0.3) is 0 Å². The second kappa shape index (κ2) is 8.11. The molecule has 2 aromatic carbocycles. The lowest BCUT2D eigenvalue weighted by Gasteiger charge is -2.11. The monoisotopic (exact) mass is 305 g/mol. The Morgan fingerprint density at radius 2 is 1.29 bits per heavy atom. The number of rotatable bonds is 2. The Bertz CT molecular complexity index is 516. The molecule has 0 radical (unpaired) electrons. The number of ether oxygens (including phenoxy) is 1. The summed E-state index contributed by atoms with van der Waals surface area (Å²) >= 11 is 0. The summed E-state index contributed by atoms with van der Waals surface area (Å²) in [5.74, 6) is 0. The lowest BCUT2D eigenvalue weighted by Crippen LogP contribution is -2.30. The van der Waals surface area contributed by atoms with Gasteiger partial charge in [0, 0.05) is 23.7 Å². The molecule has 0 aromatic heterocycles. The van der Waals surface area contributed by atoms with Crippen molar-refractivity contribution in [2.45, 2.75) is 0 Å². The number of hydrogen-bond donors (Lipinski definition) is 2. The molecule has 1 fully saturated rings. The maximum atomic E-state index is 12.2. The van der Waals surface area contributed by atoms with Crippen LogP contribution in [-0.4, -0.2) is 31.2 Å². The van der Waals surface area contributed by atoms with Gasteiger partial charge in [0.1, 0.15) is 0 Å². The molecule has 0 aliphatic carbocycles. The minimum absolute atomic E-state index is 0.469. The van der Waals surface area contributed by atoms with Crippen LogP contribution in [0.2, 0.25) is 0 Å². The van der Waals surface area contributed by atoms with Gasteiger partial charge in [-0.05, 0) is 24.3 Å². The van der Waals surface area contributed by atoms with Gasteiger partial charge < -0.3 is 14.9 Å². The van der Waals surface area contributed by atoms with Crippen molar-refractivity contribution < 1.29 is 14.2 Å². The summed E-state index contributed by atoms with van der Waals surface area (Å²) in [6.07, 6.45) is 0. The zero-order chi connectivity index (χ0) is 15.0. The number of nitrogens with one attached hydrogen (secondary N) is 1. The fraction of sp³-hybridized carbons (Fsp3) is 0.250. The van der Waals surface area contributed by atoms with Crippen molar-refractivity contribution in [1.82, 2.24) is 5.32 Å². The third-order valence-electron chi connectivity index (χ3n) is 3.06. The van der Waals surface area contributed by atoms with E-state index in [1.54, 1.807) is 48.5 Å². The van der Waals surface area contributed by atoms with Gasteiger partial charge >= 0.3 is 0 Å². The van der Waals surface area contributed by atoms with Crippen molar-refractivity contribution in [3.63, 3.8) is 0 Å². The maximum absolute atomic E-state index is 12.2. The molecule has 0 amide bonds. The zero-order valence-corrected chi connectivity index (χ0v) is 12.7. The van der Waals surface area contributed by atoms with Crippen LogP contribution in [0.4, 0.5) is 0 Å². The molecule has 1 heterocycles. The van der Waals surface area contributed by atoms with Crippen LogP contribution in [0, 0.1) is 0 Å². The van der Waals surface area contributed by atoms with E-state index in [9.17, 15) is 9.46 Å². The van der Waals surface area contributed by atoms with Gasteiger partial charge in [-0.3, -0.25) is 4.57 Å². The highest BCUT2D eigenvalue weighted by Gasteiger charge is 2.22. The summed E-state index contributed by atoms with van der Waals surface area (Å²) in [4.78, 5) is 10.0. The third kappa shape index (κ3) is 4.80. The van der Waals surface area contributed by atoms with Crippen molar-refractivity contribution in [1.29, 1.82) is 0 Å². The molecule has 2 aromatic rings. The highest BCUT2D eigenvalue weighted by molar-refractivity contribution is 7.73. The first-order chi connectivity index (χ1) is 10.2. The molecule has 1 saturated heterocycles. The minimum Gasteiger partial charge on any atom is -0.379 e. The van der Waals surface area contributed by atoms with Crippen LogP contribution in [0.5, 0.6) is 0 Å². The van der Waals surface area contributed by atoms with Gasteiger partial charge in [-0.1, -0.05) is 36.4 Å². The highest BCUT2D eigenvalue weighted by atomic mass is 31.2. The molecular weight excluding hydrogens is 285 g/mol. The van der Waals surface area contributed by atoms with E-state index in [1.165, 1.54) is 0 Å². The van der Waals surface area contributed by atoms with Crippen molar-refractivity contribution >= 4 is 18.0 Å². The van der Waals surface area contributed by atoms with Crippen LogP contribution in [0.3, 0.4) is 0 Å². The van der Waals surface area contributed by atoms with Gasteiger partial charge in [0.2, 0.25) is 0 Å². The van der Waals surface area contributed by atoms with Crippen LogP contribution < -0.4 is 15.9 Å². The number of benzene rings is 2. The van der Waals surface area contributed by atoms with E-state index in [1.807, 2.05) is 12.1 Å². The third-order valence-corrected chi connectivity index (χ3v) is 5.05. The minimum atomic E-state index is -3.40. The fourth-order valence-electron chi connectivity index (χ4n) is 1.92. The molecule has 4 nitrogen and oxygen atoms in total. The Morgan fingerprint density at radius 3 is 1.57 bits per heavy atom. The molecule has 21 heavy (non-hydrogen) atoms. The van der Waals surface area contributed by atoms with Gasteiger partial charge in [0.25, 0.3) is 7.37 Å². The normalized spacial score (nSPS) is 14.9. The van der Waals surface area contributed by atoms with E-state index in [0.29, 0.717) is 10.6 Å².